The van der Waals surface area contributed by atoms with Crippen molar-refractivity contribution < 1.29 is 36.5 Å². The average Bonchev–Trinajstić information content (AvgIpc) is 3.18. The molecule has 0 atom stereocenters. The van der Waals surface area contributed by atoms with E-state index in [1.807, 2.05) is 6.07 Å². The molecule has 1 aromatic heterocycles. The number of hydrogen-bond acceptors (Lipinski definition) is 6. The van der Waals surface area contributed by atoms with Crippen LogP contribution in [-0.4, -0.2) is 41.6 Å². The predicted octanol–water partition coefficient (Wildman–Crippen LogP) is 5.58. The SMILES string of the molecule is Oc1cc(N2CCC(Oc3ccc(OC(F)(F)C(F)(F)F)cc3)CC2)cc2scnc12. The predicted molar refractivity (Wildman–Crippen MR) is 105 cm³/mol. The van der Waals surface area contributed by atoms with Crippen molar-refractivity contribution in [2.75, 3.05) is 18.0 Å². The van der Waals surface area contributed by atoms with Crippen LogP contribution in [0.4, 0.5) is 27.6 Å². The van der Waals surface area contributed by atoms with Crippen molar-refractivity contribution >= 4 is 27.2 Å². The van der Waals surface area contributed by atoms with Crippen molar-refractivity contribution in [2.45, 2.75) is 31.2 Å². The number of phenols is 1. The zero-order valence-electron chi connectivity index (χ0n) is 15.9. The number of benzene rings is 2. The molecule has 0 amide bonds. The molecule has 4 rings (SSSR count). The number of thiazole rings is 1. The molecule has 1 N–H and O–H groups in total. The van der Waals surface area contributed by atoms with Gasteiger partial charge in [-0.25, -0.2) is 4.98 Å². The van der Waals surface area contributed by atoms with E-state index in [9.17, 15) is 27.1 Å². The maximum Gasteiger partial charge on any atom is 0.499 e. The molecule has 11 heteroatoms. The molecule has 0 bridgehead atoms. The highest BCUT2D eigenvalue weighted by molar-refractivity contribution is 7.16. The van der Waals surface area contributed by atoms with E-state index in [2.05, 4.69) is 14.6 Å². The molecule has 0 saturated carbocycles. The summed E-state index contributed by atoms with van der Waals surface area (Å²) in [6.07, 6.45) is -9.85. The van der Waals surface area contributed by atoms with Crippen LogP contribution in [0, 0.1) is 0 Å². The van der Waals surface area contributed by atoms with E-state index in [0.717, 1.165) is 22.5 Å². The number of halogens is 5. The highest BCUT2D eigenvalue weighted by atomic mass is 32.1. The van der Waals surface area contributed by atoms with Crippen molar-refractivity contribution in [3.05, 3.63) is 41.9 Å². The molecule has 3 aromatic rings. The molecule has 1 fully saturated rings. The van der Waals surface area contributed by atoms with Crippen LogP contribution in [-0.2, 0) is 0 Å². The molecule has 1 saturated heterocycles. The Kier molecular flexibility index (Phi) is 5.54. The van der Waals surface area contributed by atoms with Crippen LogP contribution in [0.3, 0.4) is 0 Å². The van der Waals surface area contributed by atoms with Crippen molar-refractivity contribution in [3.63, 3.8) is 0 Å². The first kappa shape index (κ1) is 21.4. The third-order valence-electron chi connectivity index (χ3n) is 4.91. The third-order valence-corrected chi connectivity index (χ3v) is 5.69. The van der Waals surface area contributed by atoms with Crippen molar-refractivity contribution in [1.82, 2.24) is 4.98 Å². The second-order valence-corrected chi connectivity index (χ2v) is 7.94. The summed E-state index contributed by atoms with van der Waals surface area (Å²) in [6, 6.07) is 8.27. The van der Waals surface area contributed by atoms with E-state index < -0.39 is 18.0 Å². The molecule has 0 spiro atoms. The third kappa shape index (κ3) is 4.60. The number of rotatable bonds is 5. The van der Waals surface area contributed by atoms with E-state index in [4.69, 9.17) is 4.74 Å². The molecule has 0 aliphatic carbocycles. The molecule has 166 valence electrons. The second-order valence-electron chi connectivity index (χ2n) is 7.06. The maximum absolute atomic E-state index is 13.0. The van der Waals surface area contributed by atoms with Gasteiger partial charge >= 0.3 is 12.3 Å². The highest BCUT2D eigenvalue weighted by Crippen LogP contribution is 2.38. The van der Waals surface area contributed by atoms with Crippen LogP contribution in [0.2, 0.25) is 0 Å². The number of aromatic hydroxyl groups is 1. The van der Waals surface area contributed by atoms with E-state index in [-0.39, 0.29) is 11.9 Å². The van der Waals surface area contributed by atoms with Gasteiger partial charge in [-0.3, -0.25) is 0 Å². The molecule has 1 aliphatic rings. The molecule has 0 radical (unpaired) electrons. The number of piperidine rings is 1. The normalized spacial score (nSPS) is 16.0. The van der Waals surface area contributed by atoms with Crippen molar-refractivity contribution in [2.24, 2.45) is 0 Å². The van der Waals surface area contributed by atoms with Crippen LogP contribution in [0.15, 0.2) is 41.9 Å². The van der Waals surface area contributed by atoms with Gasteiger partial charge in [0.15, 0.2) is 0 Å². The number of nitrogens with zero attached hydrogens (tertiary/aromatic N) is 2. The number of phenolic OH excluding ortho intramolecular Hbond substituents is 1. The molecule has 1 aliphatic heterocycles. The lowest BCUT2D eigenvalue weighted by Gasteiger charge is -2.33. The summed E-state index contributed by atoms with van der Waals surface area (Å²) in [5, 5.41) is 10.1. The molecule has 0 unspecified atom stereocenters. The van der Waals surface area contributed by atoms with Crippen LogP contribution in [0.5, 0.6) is 17.2 Å². The highest BCUT2D eigenvalue weighted by Gasteiger charge is 2.61. The number of aromatic nitrogens is 1. The van der Waals surface area contributed by atoms with E-state index in [1.54, 1.807) is 11.6 Å². The van der Waals surface area contributed by atoms with Gasteiger partial charge in [-0.15, -0.1) is 11.3 Å². The Balaban J connectivity index is 1.33. The number of anilines is 1. The topological polar surface area (TPSA) is 54.8 Å². The first-order chi connectivity index (χ1) is 14.6. The first-order valence-corrected chi connectivity index (χ1v) is 10.2. The number of hydrogen-bond donors (Lipinski definition) is 1. The van der Waals surface area contributed by atoms with Crippen LogP contribution in [0.25, 0.3) is 10.2 Å². The van der Waals surface area contributed by atoms with Gasteiger partial charge in [0.05, 0.1) is 10.2 Å². The zero-order chi connectivity index (χ0) is 22.2. The summed E-state index contributed by atoms with van der Waals surface area (Å²) in [5.74, 6) is -0.127. The van der Waals surface area contributed by atoms with Gasteiger partial charge in [-0.1, -0.05) is 0 Å². The van der Waals surface area contributed by atoms with E-state index in [1.165, 1.54) is 23.5 Å². The summed E-state index contributed by atoms with van der Waals surface area (Å²) < 4.78 is 73.1. The molecular formula is C20H17F5N2O3S. The first-order valence-electron chi connectivity index (χ1n) is 9.34. The number of alkyl halides is 5. The van der Waals surface area contributed by atoms with Gasteiger partial charge in [0.2, 0.25) is 0 Å². The summed E-state index contributed by atoms with van der Waals surface area (Å²) in [7, 11) is 0. The largest absolute Gasteiger partial charge is 0.506 e. The summed E-state index contributed by atoms with van der Waals surface area (Å²) in [4.78, 5) is 6.24. The smallest absolute Gasteiger partial charge is 0.499 e. The molecule has 2 heterocycles. The Morgan fingerprint density at radius 2 is 1.65 bits per heavy atom. The maximum atomic E-state index is 13.0. The number of ether oxygens (including phenoxy) is 2. The minimum atomic E-state index is -5.79. The fourth-order valence-corrected chi connectivity index (χ4v) is 4.06. The minimum Gasteiger partial charge on any atom is -0.506 e. The Morgan fingerprint density at radius 1 is 1.00 bits per heavy atom. The quantitative estimate of drug-likeness (QED) is 0.504. The Morgan fingerprint density at radius 3 is 2.29 bits per heavy atom. The lowest BCUT2D eigenvalue weighted by Crippen LogP contribution is -2.41. The second kappa shape index (κ2) is 8.03. The zero-order valence-corrected chi connectivity index (χ0v) is 16.7. The average molecular weight is 460 g/mol. The van der Waals surface area contributed by atoms with Gasteiger partial charge in [-0.05, 0) is 30.3 Å². The summed E-state index contributed by atoms with van der Waals surface area (Å²) in [5.41, 5.74) is 3.14. The van der Waals surface area contributed by atoms with Crippen LogP contribution < -0.4 is 14.4 Å². The van der Waals surface area contributed by atoms with E-state index in [0.29, 0.717) is 37.2 Å². The van der Waals surface area contributed by atoms with Crippen molar-refractivity contribution in [1.29, 1.82) is 0 Å². The lowest BCUT2D eigenvalue weighted by atomic mass is 10.1. The van der Waals surface area contributed by atoms with Gasteiger partial charge in [0, 0.05) is 37.7 Å². The van der Waals surface area contributed by atoms with E-state index >= 15 is 0 Å². The minimum absolute atomic E-state index is 0.130. The van der Waals surface area contributed by atoms with Crippen molar-refractivity contribution in [3.8, 4) is 17.2 Å². The molecule has 5 nitrogen and oxygen atoms in total. The van der Waals surface area contributed by atoms with Crippen LogP contribution >= 0.6 is 11.3 Å². The standard InChI is InChI=1S/C20H17F5N2O3S/c21-19(22,23)20(24,25)30-15-3-1-13(2-4-15)29-14-5-7-27(8-6-14)12-9-16(28)18-17(10-12)31-11-26-18/h1-4,9-11,14,28H,5-8H2. The molecular weight excluding hydrogens is 443 g/mol. The fourth-order valence-electron chi connectivity index (χ4n) is 3.33. The Labute approximate surface area is 177 Å². The number of fused-ring (bicyclic) bond motifs is 1. The monoisotopic (exact) mass is 460 g/mol. The van der Waals surface area contributed by atoms with Gasteiger partial charge in [0.1, 0.15) is 28.9 Å². The fraction of sp³-hybridized carbons (Fsp3) is 0.350. The Hall–Kier alpha value is -2.82. The van der Waals surface area contributed by atoms with Gasteiger partial charge in [-0.2, -0.15) is 22.0 Å². The van der Waals surface area contributed by atoms with Gasteiger partial charge < -0.3 is 19.5 Å². The van der Waals surface area contributed by atoms with Crippen LogP contribution in [0.1, 0.15) is 12.8 Å². The molecule has 31 heavy (non-hydrogen) atoms. The lowest BCUT2D eigenvalue weighted by molar-refractivity contribution is -0.360. The summed E-state index contributed by atoms with van der Waals surface area (Å²) in [6.45, 7) is 1.35. The summed E-state index contributed by atoms with van der Waals surface area (Å²) >= 11 is 1.45. The molecule has 2 aromatic carbocycles. The van der Waals surface area contributed by atoms with Gasteiger partial charge in [0.25, 0.3) is 0 Å². The Bertz CT molecular complexity index is 1050.